The third kappa shape index (κ3) is 4.92. The summed E-state index contributed by atoms with van der Waals surface area (Å²) in [4.78, 5) is 44.0. The lowest BCUT2D eigenvalue weighted by Gasteiger charge is -2.14. The Labute approximate surface area is 199 Å². The molecule has 1 amide bonds. The summed E-state index contributed by atoms with van der Waals surface area (Å²) >= 11 is 6.04. The molecule has 1 atom stereocenters. The second kappa shape index (κ2) is 9.36. The van der Waals surface area contributed by atoms with E-state index in [1.807, 2.05) is 31.2 Å². The number of hydrogen-bond donors (Lipinski definition) is 3. The molecule has 0 saturated heterocycles. The molecule has 3 N–H and O–H groups in total. The van der Waals surface area contributed by atoms with Crippen molar-refractivity contribution in [2.75, 3.05) is 5.32 Å². The van der Waals surface area contributed by atoms with Crippen molar-refractivity contribution in [3.8, 4) is 11.4 Å². The van der Waals surface area contributed by atoms with Crippen molar-refractivity contribution in [1.29, 1.82) is 0 Å². The van der Waals surface area contributed by atoms with Crippen molar-refractivity contribution >= 4 is 46.2 Å². The summed E-state index contributed by atoms with van der Waals surface area (Å²) in [5.41, 5.74) is 3.71. The monoisotopic (exact) mass is 477 g/mol. The van der Waals surface area contributed by atoms with Gasteiger partial charge in [-0.05, 0) is 50.2 Å². The predicted octanol–water partition coefficient (Wildman–Crippen LogP) is 5.07. The summed E-state index contributed by atoms with van der Waals surface area (Å²) in [5, 5.41) is 11.8. The number of imidazole rings is 1. The fourth-order valence-corrected chi connectivity index (χ4v) is 3.42. The van der Waals surface area contributed by atoms with E-state index in [0.717, 1.165) is 11.1 Å². The summed E-state index contributed by atoms with van der Waals surface area (Å²) in [7, 11) is 0. The normalized spacial score (nSPS) is 11.7. The molecule has 0 radical (unpaired) electrons. The number of anilines is 1. The Morgan fingerprint density at radius 2 is 1.74 bits per heavy atom. The molecule has 0 saturated carbocycles. The molecule has 1 heterocycles. The van der Waals surface area contributed by atoms with Crippen LogP contribution >= 0.6 is 11.6 Å². The Morgan fingerprint density at radius 1 is 1.03 bits per heavy atom. The molecule has 172 valence electrons. The minimum Gasteiger partial charge on any atom is -0.478 e. The van der Waals surface area contributed by atoms with Gasteiger partial charge in [0, 0.05) is 5.56 Å². The summed E-state index contributed by atoms with van der Waals surface area (Å²) < 4.78 is 5.30. The van der Waals surface area contributed by atoms with Gasteiger partial charge in [-0.1, -0.05) is 41.4 Å². The number of aromatic amines is 1. The number of halogens is 1. The molecular weight excluding hydrogens is 458 g/mol. The quantitative estimate of drug-likeness (QED) is 0.333. The first-order valence-corrected chi connectivity index (χ1v) is 10.7. The van der Waals surface area contributed by atoms with Gasteiger partial charge in [0.05, 0.1) is 32.9 Å². The van der Waals surface area contributed by atoms with Gasteiger partial charge >= 0.3 is 11.9 Å². The molecule has 4 rings (SSSR count). The highest BCUT2D eigenvalue weighted by Crippen LogP contribution is 2.24. The van der Waals surface area contributed by atoms with E-state index in [1.54, 1.807) is 18.2 Å². The van der Waals surface area contributed by atoms with Crippen LogP contribution in [-0.4, -0.2) is 39.0 Å². The van der Waals surface area contributed by atoms with Gasteiger partial charge in [-0.3, -0.25) is 4.79 Å². The van der Waals surface area contributed by atoms with Crippen LogP contribution in [0.5, 0.6) is 0 Å². The van der Waals surface area contributed by atoms with Crippen molar-refractivity contribution in [1.82, 2.24) is 9.97 Å². The first-order valence-electron chi connectivity index (χ1n) is 10.3. The van der Waals surface area contributed by atoms with E-state index in [-0.39, 0.29) is 21.8 Å². The Hall–Kier alpha value is -4.17. The number of carbonyl (C=O) groups is 3. The number of aromatic carboxylic acids is 1. The Bertz CT molecular complexity index is 1410. The molecule has 1 unspecified atom stereocenters. The lowest BCUT2D eigenvalue weighted by Crippen LogP contribution is -2.30. The maximum Gasteiger partial charge on any atom is 0.338 e. The number of carboxylic acid groups (broad SMARTS) is 1. The summed E-state index contributed by atoms with van der Waals surface area (Å²) in [6.45, 7) is 3.41. The Kier molecular flexibility index (Phi) is 6.34. The van der Waals surface area contributed by atoms with Gasteiger partial charge < -0.3 is 20.1 Å². The molecule has 0 bridgehead atoms. The van der Waals surface area contributed by atoms with Crippen LogP contribution in [0.1, 0.15) is 33.2 Å². The van der Waals surface area contributed by atoms with Crippen molar-refractivity contribution in [2.24, 2.45) is 0 Å². The number of H-pyrrole nitrogens is 1. The number of aryl methyl sites for hydroxylation is 1. The molecule has 1 aromatic heterocycles. The number of benzene rings is 3. The maximum absolute atomic E-state index is 12.6. The number of hydrogen-bond acceptors (Lipinski definition) is 5. The molecule has 0 fully saturated rings. The number of amides is 1. The highest BCUT2D eigenvalue weighted by molar-refractivity contribution is 6.34. The zero-order valence-electron chi connectivity index (χ0n) is 18.3. The zero-order valence-corrected chi connectivity index (χ0v) is 19.0. The van der Waals surface area contributed by atoms with E-state index in [0.29, 0.717) is 16.9 Å². The number of aromatic nitrogens is 2. The number of carbonyl (C=O) groups excluding carboxylic acids is 2. The number of nitrogens with one attached hydrogen (secondary N) is 2. The average molecular weight is 478 g/mol. The first-order chi connectivity index (χ1) is 16.2. The molecule has 0 aliphatic heterocycles. The molecule has 8 nitrogen and oxygen atoms in total. The summed E-state index contributed by atoms with van der Waals surface area (Å²) in [6, 6.07) is 16.7. The number of fused-ring (bicyclic) bond motifs is 1. The molecular formula is C25H20ClN3O5. The number of esters is 1. The molecule has 0 spiro atoms. The third-order valence-corrected chi connectivity index (χ3v) is 5.50. The summed E-state index contributed by atoms with van der Waals surface area (Å²) in [5.74, 6) is -1.83. The average Bonchev–Trinajstić information content (AvgIpc) is 3.24. The Balaban J connectivity index is 1.47. The first kappa shape index (κ1) is 23.0. The van der Waals surface area contributed by atoms with Crippen molar-refractivity contribution in [2.45, 2.75) is 20.0 Å². The maximum atomic E-state index is 12.6. The topological polar surface area (TPSA) is 121 Å². The highest BCUT2D eigenvalue weighted by Gasteiger charge is 2.21. The fraction of sp³-hybridized carbons (Fsp3) is 0.120. The third-order valence-electron chi connectivity index (χ3n) is 5.17. The van der Waals surface area contributed by atoms with Gasteiger partial charge in [-0.2, -0.15) is 0 Å². The van der Waals surface area contributed by atoms with E-state index in [1.165, 1.54) is 25.1 Å². The lowest BCUT2D eigenvalue weighted by atomic mass is 10.1. The van der Waals surface area contributed by atoms with E-state index >= 15 is 0 Å². The van der Waals surface area contributed by atoms with E-state index in [2.05, 4.69) is 15.3 Å². The summed E-state index contributed by atoms with van der Waals surface area (Å²) in [6.07, 6.45) is -1.15. The number of carboxylic acids is 1. The van der Waals surface area contributed by atoms with E-state index < -0.39 is 23.9 Å². The van der Waals surface area contributed by atoms with Gasteiger partial charge in [0.15, 0.2) is 6.10 Å². The molecule has 4 aromatic rings. The van der Waals surface area contributed by atoms with Crippen molar-refractivity contribution in [3.05, 3.63) is 82.4 Å². The fourth-order valence-electron chi connectivity index (χ4n) is 3.26. The Morgan fingerprint density at radius 3 is 2.44 bits per heavy atom. The standard InChI is InChI=1S/C25H20ClN3O5/c1-13-3-5-15(6-4-13)22-27-19-10-8-17(12-21(19)28-22)25(33)34-14(2)23(30)29-20-11-16(24(31)32)7-9-18(20)26/h3-12,14H,1-2H3,(H,27,28)(H,29,30)(H,31,32). The lowest BCUT2D eigenvalue weighted by molar-refractivity contribution is -0.123. The highest BCUT2D eigenvalue weighted by atomic mass is 35.5. The van der Waals surface area contributed by atoms with Crippen LogP contribution in [0, 0.1) is 6.92 Å². The van der Waals surface area contributed by atoms with E-state index in [9.17, 15) is 14.4 Å². The van der Waals surface area contributed by atoms with Crippen LogP contribution in [-0.2, 0) is 9.53 Å². The van der Waals surface area contributed by atoms with Gasteiger partial charge in [-0.25, -0.2) is 14.6 Å². The SMILES string of the molecule is Cc1ccc(-c2nc3ccc(C(=O)OC(C)C(=O)Nc4cc(C(=O)O)ccc4Cl)cc3[nH]2)cc1. The van der Waals surface area contributed by atoms with Gasteiger partial charge in [-0.15, -0.1) is 0 Å². The van der Waals surface area contributed by atoms with Crippen LogP contribution in [0.4, 0.5) is 5.69 Å². The van der Waals surface area contributed by atoms with Crippen molar-refractivity contribution in [3.63, 3.8) is 0 Å². The van der Waals surface area contributed by atoms with Crippen LogP contribution in [0.15, 0.2) is 60.7 Å². The van der Waals surface area contributed by atoms with Crippen molar-refractivity contribution < 1.29 is 24.2 Å². The molecule has 3 aromatic carbocycles. The largest absolute Gasteiger partial charge is 0.478 e. The predicted molar refractivity (Wildman–Crippen MR) is 128 cm³/mol. The number of ether oxygens (including phenoxy) is 1. The van der Waals surface area contributed by atoms with Crippen LogP contribution in [0.3, 0.4) is 0 Å². The second-order valence-electron chi connectivity index (χ2n) is 7.72. The number of rotatable bonds is 6. The van der Waals surface area contributed by atoms with Crippen LogP contribution in [0.2, 0.25) is 5.02 Å². The van der Waals surface area contributed by atoms with Gasteiger partial charge in [0.1, 0.15) is 5.82 Å². The zero-order chi connectivity index (χ0) is 24.4. The molecule has 0 aliphatic rings. The number of nitrogens with zero attached hydrogens (tertiary/aromatic N) is 1. The molecule has 9 heteroatoms. The van der Waals surface area contributed by atoms with Gasteiger partial charge in [0.25, 0.3) is 5.91 Å². The molecule has 0 aliphatic carbocycles. The van der Waals surface area contributed by atoms with E-state index in [4.69, 9.17) is 21.4 Å². The second-order valence-corrected chi connectivity index (χ2v) is 8.13. The molecule has 34 heavy (non-hydrogen) atoms. The smallest absolute Gasteiger partial charge is 0.338 e. The van der Waals surface area contributed by atoms with Crippen LogP contribution < -0.4 is 5.32 Å². The minimum absolute atomic E-state index is 0.0396. The van der Waals surface area contributed by atoms with Crippen LogP contribution in [0.25, 0.3) is 22.4 Å². The van der Waals surface area contributed by atoms with Gasteiger partial charge in [0.2, 0.25) is 0 Å². The minimum atomic E-state index is -1.16.